The molecule has 2 aromatic rings. The molecule has 5 heteroatoms. The van der Waals surface area contributed by atoms with Gasteiger partial charge in [0.1, 0.15) is 0 Å². The first-order valence-corrected chi connectivity index (χ1v) is 6.72. The number of halogens is 2. The number of carboxylic acid groups (broad SMARTS) is 1. The van der Waals surface area contributed by atoms with Crippen molar-refractivity contribution in [3.05, 3.63) is 57.1 Å². The van der Waals surface area contributed by atoms with E-state index >= 15 is 0 Å². The maximum absolute atomic E-state index is 11.2. The topological polar surface area (TPSA) is 49.3 Å². The molecule has 0 aliphatic heterocycles. The fourth-order valence-electron chi connectivity index (χ4n) is 1.90. The molecule has 0 bridgehead atoms. The third-order valence-electron chi connectivity index (χ3n) is 3.16. The van der Waals surface area contributed by atoms with Crippen LogP contribution in [0.5, 0.6) is 0 Å². The van der Waals surface area contributed by atoms with Crippen LogP contribution in [0.2, 0.25) is 10.0 Å². The number of aryl methyl sites for hydroxylation is 1. The average molecular weight is 310 g/mol. The van der Waals surface area contributed by atoms with E-state index in [1.54, 1.807) is 24.3 Å². The van der Waals surface area contributed by atoms with E-state index in [-0.39, 0.29) is 5.56 Å². The molecule has 0 amide bonds. The van der Waals surface area contributed by atoms with E-state index in [0.717, 1.165) is 11.1 Å². The fraction of sp³-hybridized carbons (Fsp3) is 0.133. The Labute approximate surface area is 127 Å². The van der Waals surface area contributed by atoms with Gasteiger partial charge in [-0.3, -0.25) is 0 Å². The normalized spacial score (nSPS) is 10.4. The first-order valence-electron chi connectivity index (χ1n) is 5.96. The van der Waals surface area contributed by atoms with Gasteiger partial charge in [-0.2, -0.15) is 0 Å². The molecule has 2 rings (SSSR count). The van der Waals surface area contributed by atoms with Crippen molar-refractivity contribution >= 4 is 40.5 Å². The van der Waals surface area contributed by atoms with Crippen molar-refractivity contribution in [1.29, 1.82) is 0 Å². The summed E-state index contributed by atoms with van der Waals surface area (Å²) in [6, 6.07) is 8.44. The van der Waals surface area contributed by atoms with Crippen molar-refractivity contribution in [2.45, 2.75) is 13.8 Å². The lowest BCUT2D eigenvalue weighted by molar-refractivity contribution is 0.0698. The van der Waals surface area contributed by atoms with Crippen molar-refractivity contribution in [3.8, 4) is 0 Å². The largest absolute Gasteiger partial charge is 0.478 e. The van der Waals surface area contributed by atoms with Crippen LogP contribution in [-0.2, 0) is 0 Å². The number of carboxylic acids is 1. The summed E-state index contributed by atoms with van der Waals surface area (Å²) in [7, 11) is 0. The van der Waals surface area contributed by atoms with Crippen molar-refractivity contribution in [1.82, 2.24) is 0 Å². The molecule has 20 heavy (non-hydrogen) atoms. The first-order chi connectivity index (χ1) is 9.41. The third-order valence-corrected chi connectivity index (χ3v) is 3.94. The Morgan fingerprint density at radius 1 is 1.20 bits per heavy atom. The van der Waals surface area contributed by atoms with Crippen molar-refractivity contribution in [3.63, 3.8) is 0 Å². The van der Waals surface area contributed by atoms with Crippen LogP contribution < -0.4 is 5.32 Å². The van der Waals surface area contributed by atoms with Gasteiger partial charge in [-0.25, -0.2) is 4.79 Å². The summed E-state index contributed by atoms with van der Waals surface area (Å²) in [5.41, 5.74) is 3.20. The minimum absolute atomic E-state index is 0.181. The van der Waals surface area contributed by atoms with Crippen molar-refractivity contribution in [2.24, 2.45) is 0 Å². The number of nitrogens with one attached hydrogen (secondary N) is 1. The summed E-state index contributed by atoms with van der Waals surface area (Å²) in [4.78, 5) is 11.2. The molecule has 0 aliphatic carbocycles. The molecule has 0 unspecified atom stereocenters. The molecule has 0 saturated carbocycles. The van der Waals surface area contributed by atoms with Gasteiger partial charge in [0.15, 0.2) is 0 Å². The molecular weight excluding hydrogens is 297 g/mol. The Kier molecular flexibility index (Phi) is 4.21. The summed E-state index contributed by atoms with van der Waals surface area (Å²) >= 11 is 12.3. The predicted octanol–water partition coefficient (Wildman–Crippen LogP) is 5.05. The molecule has 0 aromatic heterocycles. The zero-order valence-corrected chi connectivity index (χ0v) is 12.5. The highest BCUT2D eigenvalue weighted by Crippen LogP contribution is 2.37. The summed E-state index contributed by atoms with van der Waals surface area (Å²) in [6.07, 6.45) is 0. The minimum Gasteiger partial charge on any atom is -0.478 e. The smallest absolute Gasteiger partial charge is 0.337 e. The molecule has 0 saturated heterocycles. The molecule has 3 nitrogen and oxygen atoms in total. The second kappa shape index (κ2) is 5.73. The maximum Gasteiger partial charge on any atom is 0.337 e. The van der Waals surface area contributed by atoms with E-state index < -0.39 is 5.97 Å². The van der Waals surface area contributed by atoms with E-state index in [2.05, 4.69) is 5.32 Å². The highest BCUT2D eigenvalue weighted by atomic mass is 35.5. The Balaban J connectivity index is 2.54. The van der Waals surface area contributed by atoms with E-state index in [1.807, 2.05) is 13.8 Å². The van der Waals surface area contributed by atoms with Crippen LogP contribution in [0.1, 0.15) is 21.5 Å². The highest BCUT2D eigenvalue weighted by Gasteiger charge is 2.14. The minimum atomic E-state index is -0.999. The summed E-state index contributed by atoms with van der Waals surface area (Å²) in [5.74, 6) is -0.999. The SMILES string of the molecule is Cc1cc(Cl)c(Cl)c(Nc2ccccc2C(=O)O)c1C. The lowest BCUT2D eigenvalue weighted by Crippen LogP contribution is -2.04. The van der Waals surface area contributed by atoms with Gasteiger partial charge in [0.2, 0.25) is 0 Å². The van der Waals surface area contributed by atoms with Gasteiger partial charge < -0.3 is 10.4 Å². The molecule has 104 valence electrons. The number of carbonyl (C=O) groups is 1. The molecule has 2 N–H and O–H groups in total. The number of anilines is 2. The van der Waals surface area contributed by atoms with Crippen LogP contribution in [0.4, 0.5) is 11.4 Å². The zero-order valence-electron chi connectivity index (χ0n) is 11.0. The Bertz CT molecular complexity index is 658. The number of hydrogen-bond acceptors (Lipinski definition) is 2. The van der Waals surface area contributed by atoms with Gasteiger partial charge in [-0.15, -0.1) is 0 Å². The van der Waals surface area contributed by atoms with E-state index in [0.29, 0.717) is 21.4 Å². The van der Waals surface area contributed by atoms with Crippen molar-refractivity contribution < 1.29 is 9.90 Å². The van der Waals surface area contributed by atoms with Crippen LogP contribution >= 0.6 is 23.2 Å². The van der Waals surface area contributed by atoms with Gasteiger partial charge in [0.05, 0.1) is 27.0 Å². The molecule has 0 heterocycles. The Hall–Kier alpha value is -1.71. The number of hydrogen-bond donors (Lipinski definition) is 2. The number of benzene rings is 2. The lowest BCUT2D eigenvalue weighted by Gasteiger charge is -2.16. The molecule has 0 fully saturated rings. The molecule has 2 aromatic carbocycles. The predicted molar refractivity (Wildman–Crippen MR) is 82.6 cm³/mol. The van der Waals surface area contributed by atoms with Gasteiger partial charge in [0.25, 0.3) is 0 Å². The van der Waals surface area contributed by atoms with Crippen LogP contribution in [0, 0.1) is 13.8 Å². The van der Waals surface area contributed by atoms with Crippen LogP contribution in [0.3, 0.4) is 0 Å². The van der Waals surface area contributed by atoms with Crippen LogP contribution in [-0.4, -0.2) is 11.1 Å². The monoisotopic (exact) mass is 309 g/mol. The quantitative estimate of drug-likeness (QED) is 0.834. The van der Waals surface area contributed by atoms with Gasteiger partial charge in [0, 0.05) is 0 Å². The third kappa shape index (κ3) is 2.74. The first kappa shape index (κ1) is 14.7. The molecular formula is C15H13Cl2NO2. The van der Waals surface area contributed by atoms with Crippen LogP contribution in [0.15, 0.2) is 30.3 Å². The lowest BCUT2D eigenvalue weighted by atomic mass is 10.1. The number of para-hydroxylation sites is 1. The van der Waals surface area contributed by atoms with Gasteiger partial charge >= 0.3 is 5.97 Å². The fourth-order valence-corrected chi connectivity index (χ4v) is 2.41. The maximum atomic E-state index is 11.2. The Morgan fingerprint density at radius 2 is 1.85 bits per heavy atom. The van der Waals surface area contributed by atoms with Crippen molar-refractivity contribution in [2.75, 3.05) is 5.32 Å². The second-order valence-electron chi connectivity index (χ2n) is 4.47. The Morgan fingerprint density at radius 3 is 2.50 bits per heavy atom. The number of rotatable bonds is 3. The standard InChI is InChI=1S/C15H13Cl2NO2/c1-8-7-11(16)13(17)14(9(8)2)18-12-6-4-3-5-10(12)15(19)20/h3-7,18H,1-2H3,(H,19,20). The highest BCUT2D eigenvalue weighted by molar-refractivity contribution is 6.44. The van der Waals surface area contributed by atoms with E-state index in [1.165, 1.54) is 6.07 Å². The molecule has 0 spiro atoms. The van der Waals surface area contributed by atoms with E-state index in [9.17, 15) is 9.90 Å². The molecule has 0 atom stereocenters. The zero-order chi connectivity index (χ0) is 14.9. The molecule has 0 aliphatic rings. The average Bonchev–Trinajstić information content (AvgIpc) is 2.41. The van der Waals surface area contributed by atoms with Gasteiger partial charge in [-0.1, -0.05) is 35.3 Å². The second-order valence-corrected chi connectivity index (χ2v) is 5.25. The van der Waals surface area contributed by atoms with Gasteiger partial charge in [-0.05, 0) is 43.2 Å². The molecule has 0 radical (unpaired) electrons. The van der Waals surface area contributed by atoms with E-state index in [4.69, 9.17) is 23.2 Å². The summed E-state index contributed by atoms with van der Waals surface area (Å²) in [5, 5.41) is 13.1. The summed E-state index contributed by atoms with van der Waals surface area (Å²) < 4.78 is 0. The van der Waals surface area contributed by atoms with Crippen LogP contribution in [0.25, 0.3) is 0 Å². The summed E-state index contributed by atoms with van der Waals surface area (Å²) in [6.45, 7) is 3.83. The number of aromatic carboxylic acids is 1.